The van der Waals surface area contributed by atoms with Gasteiger partial charge in [-0.05, 0) is 49.5 Å². The Labute approximate surface area is 120 Å². The van der Waals surface area contributed by atoms with Gasteiger partial charge >= 0.3 is 0 Å². The quantitative estimate of drug-likeness (QED) is 0.902. The molecule has 0 bridgehead atoms. The van der Waals surface area contributed by atoms with E-state index in [2.05, 4.69) is 54.6 Å². The zero-order chi connectivity index (χ0) is 14.4. The van der Waals surface area contributed by atoms with Crippen molar-refractivity contribution in [2.45, 2.75) is 13.1 Å². The third kappa shape index (κ3) is 4.11. The molecular weight excluding hydrogens is 246 g/mol. The summed E-state index contributed by atoms with van der Waals surface area (Å²) < 4.78 is 0. The first-order valence-corrected chi connectivity index (χ1v) is 6.64. The maximum Gasteiger partial charge on any atom is 0.0991 e. The van der Waals surface area contributed by atoms with E-state index in [1.165, 1.54) is 11.1 Å². The fourth-order valence-corrected chi connectivity index (χ4v) is 1.99. The van der Waals surface area contributed by atoms with Gasteiger partial charge in [-0.15, -0.1) is 0 Å². The number of benzene rings is 2. The lowest BCUT2D eigenvalue weighted by Crippen LogP contribution is -2.10. The Morgan fingerprint density at radius 2 is 1.55 bits per heavy atom. The van der Waals surface area contributed by atoms with E-state index in [-0.39, 0.29) is 0 Å². The van der Waals surface area contributed by atoms with Gasteiger partial charge in [0.05, 0.1) is 11.6 Å². The summed E-state index contributed by atoms with van der Waals surface area (Å²) in [6, 6.07) is 18.2. The van der Waals surface area contributed by atoms with Gasteiger partial charge in [-0.25, -0.2) is 0 Å². The Kier molecular flexibility index (Phi) is 4.75. The fraction of sp³-hybridized carbons (Fsp3) is 0.235. The van der Waals surface area contributed by atoms with Crippen molar-refractivity contribution in [1.29, 1.82) is 5.26 Å². The van der Waals surface area contributed by atoms with E-state index in [9.17, 15) is 0 Å². The van der Waals surface area contributed by atoms with Crippen molar-refractivity contribution >= 4 is 5.69 Å². The van der Waals surface area contributed by atoms with Crippen molar-refractivity contribution in [2.24, 2.45) is 0 Å². The van der Waals surface area contributed by atoms with Crippen LogP contribution in [-0.4, -0.2) is 19.0 Å². The number of anilines is 1. The summed E-state index contributed by atoms with van der Waals surface area (Å²) in [5, 5.41) is 12.1. The number of rotatable bonds is 5. The third-order valence-electron chi connectivity index (χ3n) is 3.03. The molecule has 0 aliphatic carbocycles. The second kappa shape index (κ2) is 6.74. The maximum absolute atomic E-state index is 8.76. The molecule has 0 aliphatic rings. The maximum atomic E-state index is 8.76. The molecule has 0 aromatic heterocycles. The first kappa shape index (κ1) is 14.1. The van der Waals surface area contributed by atoms with Crippen LogP contribution in [0.25, 0.3) is 0 Å². The van der Waals surface area contributed by atoms with Crippen molar-refractivity contribution in [3.8, 4) is 6.07 Å². The molecule has 2 aromatic rings. The van der Waals surface area contributed by atoms with E-state index in [1.807, 2.05) is 24.3 Å². The van der Waals surface area contributed by atoms with Gasteiger partial charge in [-0.1, -0.05) is 24.3 Å². The minimum absolute atomic E-state index is 0.696. The summed E-state index contributed by atoms with van der Waals surface area (Å²) in [7, 11) is 4.13. The first-order valence-electron chi connectivity index (χ1n) is 6.64. The zero-order valence-corrected chi connectivity index (χ0v) is 11.9. The van der Waals surface area contributed by atoms with Crippen LogP contribution in [0.2, 0.25) is 0 Å². The Morgan fingerprint density at radius 3 is 2.10 bits per heavy atom. The molecule has 0 saturated carbocycles. The van der Waals surface area contributed by atoms with Crippen molar-refractivity contribution in [2.75, 3.05) is 19.4 Å². The van der Waals surface area contributed by atoms with Gasteiger partial charge in [0.1, 0.15) is 0 Å². The van der Waals surface area contributed by atoms with Gasteiger partial charge in [0, 0.05) is 18.8 Å². The van der Waals surface area contributed by atoms with E-state index in [0.717, 1.165) is 18.8 Å². The molecule has 0 amide bonds. The van der Waals surface area contributed by atoms with Crippen LogP contribution in [0.3, 0.4) is 0 Å². The van der Waals surface area contributed by atoms with Gasteiger partial charge < -0.3 is 10.2 Å². The lowest BCUT2D eigenvalue weighted by Gasteiger charge is -2.11. The SMILES string of the molecule is CN(C)Cc1ccc(NCc2ccc(C#N)cc2)cc1. The third-order valence-corrected chi connectivity index (χ3v) is 3.03. The first-order chi connectivity index (χ1) is 9.67. The fourth-order valence-electron chi connectivity index (χ4n) is 1.99. The number of nitrogens with one attached hydrogen (secondary N) is 1. The highest BCUT2D eigenvalue weighted by Gasteiger charge is 1.97. The van der Waals surface area contributed by atoms with Gasteiger partial charge in [-0.3, -0.25) is 0 Å². The molecule has 0 radical (unpaired) electrons. The summed E-state index contributed by atoms with van der Waals surface area (Å²) in [4.78, 5) is 2.15. The van der Waals surface area contributed by atoms with Crippen LogP contribution in [0.5, 0.6) is 0 Å². The van der Waals surface area contributed by atoms with E-state index >= 15 is 0 Å². The molecule has 0 spiro atoms. The average molecular weight is 265 g/mol. The van der Waals surface area contributed by atoms with Crippen molar-refractivity contribution < 1.29 is 0 Å². The van der Waals surface area contributed by atoms with Crippen LogP contribution in [0.15, 0.2) is 48.5 Å². The van der Waals surface area contributed by atoms with Crippen molar-refractivity contribution in [1.82, 2.24) is 4.90 Å². The second-order valence-electron chi connectivity index (χ2n) is 5.10. The minimum Gasteiger partial charge on any atom is -0.381 e. The van der Waals surface area contributed by atoms with E-state index < -0.39 is 0 Å². The molecular formula is C17H19N3. The number of nitrogens with zero attached hydrogens (tertiary/aromatic N) is 2. The van der Waals surface area contributed by atoms with Crippen LogP contribution in [-0.2, 0) is 13.1 Å². The number of hydrogen-bond acceptors (Lipinski definition) is 3. The number of nitriles is 1. The van der Waals surface area contributed by atoms with Gasteiger partial charge in [0.15, 0.2) is 0 Å². The topological polar surface area (TPSA) is 39.1 Å². The molecule has 102 valence electrons. The predicted molar refractivity (Wildman–Crippen MR) is 82.3 cm³/mol. The highest BCUT2D eigenvalue weighted by atomic mass is 15.0. The molecule has 0 aliphatic heterocycles. The highest BCUT2D eigenvalue weighted by Crippen LogP contribution is 2.12. The summed E-state index contributed by atoms with van der Waals surface area (Å²) >= 11 is 0. The largest absolute Gasteiger partial charge is 0.381 e. The zero-order valence-electron chi connectivity index (χ0n) is 11.9. The van der Waals surface area contributed by atoms with Crippen molar-refractivity contribution in [3.05, 3.63) is 65.2 Å². The molecule has 0 fully saturated rings. The molecule has 20 heavy (non-hydrogen) atoms. The predicted octanol–water partition coefficient (Wildman–Crippen LogP) is 3.23. The summed E-state index contributed by atoms with van der Waals surface area (Å²) in [5.41, 5.74) is 4.28. The Bertz CT molecular complexity index is 577. The Hall–Kier alpha value is -2.31. The molecule has 2 rings (SSSR count). The normalized spacial score (nSPS) is 10.3. The molecule has 0 heterocycles. The van der Waals surface area contributed by atoms with Gasteiger partial charge in [0.2, 0.25) is 0 Å². The van der Waals surface area contributed by atoms with Gasteiger partial charge in [0.25, 0.3) is 0 Å². The molecule has 0 saturated heterocycles. The van der Waals surface area contributed by atoms with Crippen LogP contribution in [0.4, 0.5) is 5.69 Å². The van der Waals surface area contributed by atoms with Crippen LogP contribution < -0.4 is 5.32 Å². The van der Waals surface area contributed by atoms with E-state index in [4.69, 9.17) is 5.26 Å². The smallest absolute Gasteiger partial charge is 0.0991 e. The standard InChI is InChI=1S/C17H19N3/c1-20(2)13-16-7-9-17(10-8-16)19-12-15-5-3-14(11-18)4-6-15/h3-10,19H,12-13H2,1-2H3. The van der Waals surface area contributed by atoms with Crippen molar-refractivity contribution in [3.63, 3.8) is 0 Å². The second-order valence-corrected chi connectivity index (χ2v) is 5.10. The Morgan fingerprint density at radius 1 is 0.950 bits per heavy atom. The van der Waals surface area contributed by atoms with E-state index in [1.54, 1.807) is 0 Å². The lowest BCUT2D eigenvalue weighted by molar-refractivity contribution is 0.402. The lowest BCUT2D eigenvalue weighted by atomic mass is 10.1. The molecule has 3 nitrogen and oxygen atoms in total. The van der Waals surface area contributed by atoms with Crippen LogP contribution in [0.1, 0.15) is 16.7 Å². The monoisotopic (exact) mass is 265 g/mol. The molecule has 2 aromatic carbocycles. The van der Waals surface area contributed by atoms with Crippen LogP contribution >= 0.6 is 0 Å². The summed E-state index contributed by atoms with van der Waals surface area (Å²) in [6.45, 7) is 1.72. The number of hydrogen-bond donors (Lipinski definition) is 1. The molecule has 3 heteroatoms. The molecule has 0 atom stereocenters. The highest BCUT2D eigenvalue weighted by molar-refractivity contribution is 5.45. The average Bonchev–Trinajstić information content (AvgIpc) is 2.46. The van der Waals surface area contributed by atoms with Gasteiger partial charge in [-0.2, -0.15) is 5.26 Å². The molecule has 1 N–H and O–H groups in total. The summed E-state index contributed by atoms with van der Waals surface area (Å²) in [5.74, 6) is 0. The van der Waals surface area contributed by atoms with E-state index in [0.29, 0.717) is 5.56 Å². The minimum atomic E-state index is 0.696. The van der Waals surface area contributed by atoms with Crippen LogP contribution in [0, 0.1) is 11.3 Å². The molecule has 0 unspecified atom stereocenters. The Balaban J connectivity index is 1.91. The summed E-state index contributed by atoms with van der Waals surface area (Å²) in [6.07, 6.45) is 0.